The van der Waals surface area contributed by atoms with Gasteiger partial charge in [0.25, 0.3) is 0 Å². The van der Waals surface area contributed by atoms with E-state index in [1.807, 2.05) is 16.8 Å². The van der Waals surface area contributed by atoms with Crippen LogP contribution in [-0.4, -0.2) is 49.7 Å². The second-order valence-corrected chi connectivity index (χ2v) is 8.71. The Labute approximate surface area is 150 Å². The molecule has 128 valence electrons. The summed E-state index contributed by atoms with van der Waals surface area (Å²) in [5.74, 6) is 0.0354. The number of carbonyl (C=O) groups is 1. The van der Waals surface area contributed by atoms with Crippen molar-refractivity contribution in [2.75, 3.05) is 26.2 Å². The van der Waals surface area contributed by atoms with Crippen LogP contribution in [0.2, 0.25) is 5.02 Å². The Morgan fingerprint density at radius 1 is 1.17 bits per heavy atom. The molecule has 24 heavy (non-hydrogen) atoms. The van der Waals surface area contributed by atoms with Gasteiger partial charge >= 0.3 is 0 Å². The van der Waals surface area contributed by atoms with Crippen LogP contribution >= 0.6 is 22.9 Å². The number of amides is 1. The lowest BCUT2D eigenvalue weighted by molar-refractivity contribution is -0.131. The standard InChI is InChI=1S/C16H17ClN2O3S2/c17-14-2-1-3-15(11-14)24(21,22)19-7-5-18(6-8-19)16(20)10-13-4-9-23-12-13/h1-4,9,11-12H,5-8,10H2. The molecule has 0 radical (unpaired) electrons. The van der Waals surface area contributed by atoms with Gasteiger partial charge in [-0.05, 0) is 40.6 Å². The Morgan fingerprint density at radius 3 is 2.54 bits per heavy atom. The van der Waals surface area contributed by atoms with E-state index in [1.165, 1.54) is 16.4 Å². The van der Waals surface area contributed by atoms with Crippen LogP contribution in [0, 0.1) is 0 Å². The normalized spacial score (nSPS) is 16.3. The molecule has 0 aliphatic carbocycles. The van der Waals surface area contributed by atoms with Crippen molar-refractivity contribution < 1.29 is 13.2 Å². The summed E-state index contributed by atoms with van der Waals surface area (Å²) in [6.45, 7) is 1.40. The van der Waals surface area contributed by atoms with Gasteiger partial charge in [0.1, 0.15) is 0 Å². The topological polar surface area (TPSA) is 57.7 Å². The first-order valence-corrected chi connectivity index (χ1v) is 10.3. The van der Waals surface area contributed by atoms with E-state index >= 15 is 0 Å². The lowest BCUT2D eigenvalue weighted by atomic mass is 10.2. The first-order valence-electron chi connectivity index (χ1n) is 7.51. The van der Waals surface area contributed by atoms with E-state index in [2.05, 4.69) is 0 Å². The maximum Gasteiger partial charge on any atom is 0.243 e. The summed E-state index contributed by atoms with van der Waals surface area (Å²) in [7, 11) is -3.57. The first-order chi connectivity index (χ1) is 11.5. The molecule has 0 spiro atoms. The zero-order valence-electron chi connectivity index (χ0n) is 12.9. The van der Waals surface area contributed by atoms with E-state index < -0.39 is 10.0 Å². The number of nitrogens with zero attached hydrogens (tertiary/aromatic N) is 2. The quantitative estimate of drug-likeness (QED) is 0.813. The summed E-state index contributed by atoms with van der Waals surface area (Å²) in [6.07, 6.45) is 0.366. The Hall–Kier alpha value is -1.41. The monoisotopic (exact) mass is 384 g/mol. The van der Waals surface area contributed by atoms with E-state index in [0.29, 0.717) is 37.6 Å². The molecule has 0 bridgehead atoms. The third-order valence-corrected chi connectivity index (χ3v) is 6.82. The van der Waals surface area contributed by atoms with Crippen LogP contribution in [0.4, 0.5) is 0 Å². The molecule has 5 nitrogen and oxygen atoms in total. The third-order valence-electron chi connectivity index (χ3n) is 3.96. The van der Waals surface area contributed by atoms with Gasteiger partial charge in [-0.3, -0.25) is 4.79 Å². The number of sulfonamides is 1. The number of carbonyl (C=O) groups excluding carboxylic acids is 1. The lowest BCUT2D eigenvalue weighted by Gasteiger charge is -2.34. The van der Waals surface area contributed by atoms with E-state index in [1.54, 1.807) is 28.4 Å². The van der Waals surface area contributed by atoms with E-state index in [-0.39, 0.29) is 10.8 Å². The van der Waals surface area contributed by atoms with Gasteiger partial charge in [0.05, 0.1) is 11.3 Å². The predicted octanol–water partition coefficient (Wildman–Crippen LogP) is 2.48. The van der Waals surface area contributed by atoms with Gasteiger partial charge in [-0.2, -0.15) is 15.6 Å². The Kier molecular flexibility index (Phi) is 5.24. The maximum atomic E-state index is 12.6. The number of piperazine rings is 1. The van der Waals surface area contributed by atoms with Crippen molar-refractivity contribution in [3.63, 3.8) is 0 Å². The Balaban J connectivity index is 1.63. The van der Waals surface area contributed by atoms with Crippen LogP contribution in [-0.2, 0) is 21.2 Å². The van der Waals surface area contributed by atoms with Crippen LogP contribution in [0.15, 0.2) is 46.0 Å². The van der Waals surface area contributed by atoms with E-state index in [0.717, 1.165) is 5.56 Å². The molecule has 0 saturated carbocycles. The van der Waals surface area contributed by atoms with Gasteiger partial charge in [-0.25, -0.2) is 8.42 Å². The Morgan fingerprint density at radius 2 is 1.92 bits per heavy atom. The highest BCUT2D eigenvalue weighted by Crippen LogP contribution is 2.21. The number of thiophene rings is 1. The van der Waals surface area contributed by atoms with Crippen molar-refractivity contribution in [2.24, 2.45) is 0 Å². The zero-order valence-corrected chi connectivity index (χ0v) is 15.3. The van der Waals surface area contributed by atoms with Crippen molar-refractivity contribution in [3.05, 3.63) is 51.7 Å². The zero-order chi connectivity index (χ0) is 17.2. The van der Waals surface area contributed by atoms with Crippen molar-refractivity contribution in [3.8, 4) is 0 Å². The molecule has 1 aliphatic heterocycles. The SMILES string of the molecule is O=C(Cc1ccsc1)N1CCN(S(=O)(=O)c2cccc(Cl)c2)CC1. The van der Waals surface area contributed by atoms with E-state index in [4.69, 9.17) is 11.6 Å². The summed E-state index contributed by atoms with van der Waals surface area (Å²) < 4.78 is 26.7. The van der Waals surface area contributed by atoms with Crippen LogP contribution in [0.3, 0.4) is 0 Å². The second kappa shape index (κ2) is 7.23. The molecule has 1 aliphatic rings. The molecule has 2 heterocycles. The van der Waals surface area contributed by atoms with E-state index in [9.17, 15) is 13.2 Å². The maximum absolute atomic E-state index is 12.6. The molecule has 1 aromatic carbocycles. The molecule has 8 heteroatoms. The van der Waals surface area contributed by atoms with Gasteiger partial charge < -0.3 is 4.90 Å². The van der Waals surface area contributed by atoms with Crippen molar-refractivity contribution in [1.82, 2.24) is 9.21 Å². The lowest BCUT2D eigenvalue weighted by Crippen LogP contribution is -2.50. The molecule has 2 aromatic rings. The fraction of sp³-hybridized carbons (Fsp3) is 0.312. The summed E-state index contributed by atoms with van der Waals surface area (Å²) in [6, 6.07) is 8.18. The van der Waals surface area contributed by atoms with Gasteiger partial charge in [0, 0.05) is 31.2 Å². The van der Waals surface area contributed by atoms with Gasteiger partial charge in [-0.15, -0.1) is 0 Å². The molecular formula is C16H17ClN2O3S2. The molecule has 0 N–H and O–H groups in total. The number of benzene rings is 1. The summed E-state index contributed by atoms with van der Waals surface area (Å²) in [5, 5.41) is 4.29. The van der Waals surface area contributed by atoms with Crippen molar-refractivity contribution >= 4 is 38.9 Å². The predicted molar refractivity (Wildman–Crippen MR) is 94.8 cm³/mol. The molecule has 3 rings (SSSR count). The highest BCUT2D eigenvalue weighted by atomic mass is 35.5. The minimum absolute atomic E-state index is 0.0354. The first kappa shape index (κ1) is 17.4. The molecule has 0 unspecified atom stereocenters. The number of hydrogen-bond donors (Lipinski definition) is 0. The summed E-state index contributed by atoms with van der Waals surface area (Å²) >= 11 is 7.45. The van der Waals surface area contributed by atoms with Crippen molar-refractivity contribution in [2.45, 2.75) is 11.3 Å². The minimum Gasteiger partial charge on any atom is -0.340 e. The summed E-state index contributed by atoms with van der Waals surface area (Å²) in [5.41, 5.74) is 0.999. The number of rotatable bonds is 4. The van der Waals surface area contributed by atoms with Gasteiger partial charge in [-0.1, -0.05) is 17.7 Å². The van der Waals surface area contributed by atoms with Crippen LogP contribution in [0.25, 0.3) is 0 Å². The minimum atomic E-state index is -3.57. The second-order valence-electron chi connectivity index (χ2n) is 5.55. The molecule has 1 saturated heterocycles. The molecule has 0 atom stereocenters. The molecular weight excluding hydrogens is 368 g/mol. The third kappa shape index (κ3) is 3.80. The van der Waals surface area contributed by atoms with Gasteiger partial charge in [0.15, 0.2) is 0 Å². The summed E-state index contributed by atoms with van der Waals surface area (Å²) in [4.78, 5) is 14.2. The number of hydrogen-bond acceptors (Lipinski definition) is 4. The highest BCUT2D eigenvalue weighted by Gasteiger charge is 2.30. The fourth-order valence-corrected chi connectivity index (χ4v) is 5.03. The largest absolute Gasteiger partial charge is 0.340 e. The fourth-order valence-electron chi connectivity index (χ4n) is 2.63. The smallest absolute Gasteiger partial charge is 0.243 e. The van der Waals surface area contributed by atoms with Crippen LogP contribution in [0.5, 0.6) is 0 Å². The average molecular weight is 385 g/mol. The molecule has 1 aromatic heterocycles. The molecule has 1 amide bonds. The van der Waals surface area contributed by atoms with Gasteiger partial charge in [0.2, 0.25) is 15.9 Å². The Bertz CT molecular complexity index is 814. The van der Waals surface area contributed by atoms with Crippen molar-refractivity contribution in [1.29, 1.82) is 0 Å². The van der Waals surface area contributed by atoms with Crippen LogP contribution in [0.1, 0.15) is 5.56 Å². The number of halogens is 1. The average Bonchev–Trinajstić information content (AvgIpc) is 3.08. The highest BCUT2D eigenvalue weighted by molar-refractivity contribution is 7.89. The molecule has 1 fully saturated rings. The van der Waals surface area contributed by atoms with Crippen LogP contribution < -0.4 is 0 Å².